The molecule has 0 amide bonds. The molecule has 0 bridgehead atoms. The van der Waals surface area contributed by atoms with E-state index in [1.54, 1.807) is 18.2 Å². The molecular weight excluding hydrogens is 168 g/mol. The zero-order chi connectivity index (χ0) is 13.6. The average Bonchev–Trinajstić information content (AvgIpc) is 2.80. The molecule has 1 aromatic carbocycles. The summed E-state index contributed by atoms with van der Waals surface area (Å²) in [6.45, 7) is -5.00. The van der Waals surface area contributed by atoms with Crippen molar-refractivity contribution in [1.82, 2.24) is 0 Å². The van der Waals surface area contributed by atoms with Crippen molar-refractivity contribution in [3.8, 4) is 11.5 Å². The molecule has 2 rings (SSSR count). The summed E-state index contributed by atoms with van der Waals surface area (Å²) in [6.07, 6.45) is -2.37. The Morgan fingerprint density at radius 3 is 3.00 bits per heavy atom. The lowest BCUT2D eigenvalue weighted by Gasteiger charge is -2.08. The maximum Gasteiger partial charge on any atom is 0.161 e. The first-order valence-corrected chi connectivity index (χ1v) is 3.76. The number of hydrogen-bond acceptors (Lipinski definition) is 3. The van der Waals surface area contributed by atoms with Crippen LogP contribution in [-0.2, 0) is 4.74 Å². The third-order valence-electron chi connectivity index (χ3n) is 1.53. The highest BCUT2D eigenvalue weighted by Crippen LogP contribution is 2.26. The molecule has 1 aliphatic heterocycles. The molecular formula is C10H12O3. The summed E-state index contributed by atoms with van der Waals surface area (Å²) < 4.78 is 51.8. The van der Waals surface area contributed by atoms with Gasteiger partial charge in [0.2, 0.25) is 0 Å². The Balaban J connectivity index is 2.24. The van der Waals surface area contributed by atoms with E-state index in [0.29, 0.717) is 5.75 Å². The van der Waals surface area contributed by atoms with Crippen molar-refractivity contribution in [3.05, 3.63) is 24.3 Å². The van der Waals surface area contributed by atoms with Gasteiger partial charge in [0.05, 0.1) is 20.5 Å². The van der Waals surface area contributed by atoms with E-state index in [1.165, 1.54) is 13.2 Å². The lowest BCUT2D eigenvalue weighted by molar-refractivity contribution is 0.252. The molecule has 3 heteroatoms. The van der Waals surface area contributed by atoms with Crippen molar-refractivity contribution in [1.29, 1.82) is 0 Å². The van der Waals surface area contributed by atoms with Crippen molar-refractivity contribution in [3.63, 3.8) is 0 Å². The highest BCUT2D eigenvalue weighted by atomic mass is 16.6. The highest BCUT2D eigenvalue weighted by Gasteiger charge is 2.23. The smallest absolute Gasteiger partial charge is 0.161 e. The summed E-state index contributed by atoms with van der Waals surface area (Å²) in [5.74, 6) is 0.383. The number of benzene rings is 1. The minimum Gasteiger partial charge on any atom is -0.493 e. The Morgan fingerprint density at radius 1 is 1.69 bits per heavy atom. The zero-order valence-corrected chi connectivity index (χ0v) is 7.03. The second-order valence-corrected chi connectivity index (χ2v) is 2.39. The van der Waals surface area contributed by atoms with E-state index >= 15 is 0 Å². The minimum absolute atomic E-state index is 0.0860. The largest absolute Gasteiger partial charge is 0.493 e. The van der Waals surface area contributed by atoms with Gasteiger partial charge >= 0.3 is 0 Å². The molecule has 13 heavy (non-hydrogen) atoms. The number of ether oxygens (including phenoxy) is 3. The van der Waals surface area contributed by atoms with Gasteiger partial charge in [-0.3, -0.25) is 0 Å². The van der Waals surface area contributed by atoms with E-state index in [-0.39, 0.29) is 5.75 Å². The summed E-state index contributed by atoms with van der Waals surface area (Å²) in [5.41, 5.74) is 0. The van der Waals surface area contributed by atoms with Gasteiger partial charge in [-0.2, -0.15) is 0 Å². The summed E-state index contributed by atoms with van der Waals surface area (Å²) in [5, 5.41) is 0. The second kappa shape index (κ2) is 3.66. The number of epoxide rings is 1. The van der Waals surface area contributed by atoms with Crippen LogP contribution in [0.2, 0.25) is 0 Å². The summed E-state index contributed by atoms with van der Waals surface area (Å²) in [7, 11) is 1.40. The second-order valence-electron chi connectivity index (χ2n) is 2.39. The maximum atomic E-state index is 7.64. The van der Waals surface area contributed by atoms with Gasteiger partial charge in [0.25, 0.3) is 0 Å². The lowest BCUT2D eigenvalue weighted by Crippen LogP contribution is -2.04. The van der Waals surface area contributed by atoms with E-state index in [4.69, 9.17) is 16.3 Å². The SMILES string of the molecule is [2H]C([2H])(Oc1ccccc1OC)C1([2H])OC1([2H])[2H]. The molecule has 1 saturated heterocycles. The molecule has 0 N–H and O–H groups in total. The number of para-hydroxylation sites is 2. The number of hydrogen-bond donors (Lipinski definition) is 0. The molecule has 1 heterocycles. The van der Waals surface area contributed by atoms with Gasteiger partial charge in [0.15, 0.2) is 11.5 Å². The molecule has 0 radical (unpaired) electrons. The van der Waals surface area contributed by atoms with Crippen LogP contribution in [0.25, 0.3) is 0 Å². The summed E-state index contributed by atoms with van der Waals surface area (Å²) in [6, 6.07) is 6.35. The van der Waals surface area contributed by atoms with Gasteiger partial charge in [-0.1, -0.05) is 12.1 Å². The van der Waals surface area contributed by atoms with Gasteiger partial charge < -0.3 is 14.2 Å². The van der Waals surface area contributed by atoms with Crippen LogP contribution in [-0.4, -0.2) is 26.3 Å². The number of methoxy groups -OCH3 is 1. The van der Waals surface area contributed by atoms with E-state index in [1.807, 2.05) is 0 Å². The summed E-state index contributed by atoms with van der Waals surface area (Å²) >= 11 is 0. The molecule has 0 aromatic heterocycles. The zero-order valence-electron chi connectivity index (χ0n) is 12.0. The molecule has 3 nitrogen and oxygen atoms in total. The Morgan fingerprint density at radius 2 is 2.38 bits per heavy atom. The van der Waals surface area contributed by atoms with Gasteiger partial charge in [-0.15, -0.1) is 0 Å². The first kappa shape index (κ1) is 4.33. The van der Waals surface area contributed by atoms with Crippen LogP contribution in [0.5, 0.6) is 11.5 Å². The van der Waals surface area contributed by atoms with Crippen molar-refractivity contribution >= 4 is 0 Å². The van der Waals surface area contributed by atoms with Crippen LogP contribution in [0.1, 0.15) is 6.85 Å². The maximum absolute atomic E-state index is 7.64. The molecule has 0 saturated carbocycles. The third kappa shape index (κ3) is 2.12. The van der Waals surface area contributed by atoms with Crippen LogP contribution in [0.15, 0.2) is 24.3 Å². The van der Waals surface area contributed by atoms with Gasteiger partial charge in [-0.25, -0.2) is 0 Å². The fraction of sp³-hybridized carbons (Fsp3) is 0.400. The third-order valence-corrected chi connectivity index (χ3v) is 1.53. The Kier molecular flexibility index (Phi) is 1.22. The monoisotopic (exact) mass is 185 g/mol. The average molecular weight is 185 g/mol. The van der Waals surface area contributed by atoms with E-state index < -0.39 is 19.2 Å². The molecule has 0 aliphatic carbocycles. The van der Waals surface area contributed by atoms with Crippen molar-refractivity contribution in [2.75, 3.05) is 20.2 Å². The minimum atomic E-state index is -2.63. The Hall–Kier alpha value is -1.22. The van der Waals surface area contributed by atoms with Crippen molar-refractivity contribution in [2.24, 2.45) is 0 Å². The lowest BCUT2D eigenvalue weighted by atomic mass is 10.3. The predicted molar refractivity (Wildman–Crippen MR) is 48.2 cm³/mol. The first-order chi connectivity index (χ1) is 8.23. The fourth-order valence-electron chi connectivity index (χ4n) is 0.872. The van der Waals surface area contributed by atoms with Gasteiger partial charge in [-0.05, 0) is 12.1 Å². The van der Waals surface area contributed by atoms with Crippen LogP contribution < -0.4 is 9.47 Å². The van der Waals surface area contributed by atoms with Crippen LogP contribution in [0.4, 0.5) is 0 Å². The molecule has 1 atom stereocenters. The van der Waals surface area contributed by atoms with Crippen LogP contribution in [0, 0.1) is 0 Å². The van der Waals surface area contributed by atoms with Crippen molar-refractivity contribution < 1.29 is 21.1 Å². The first-order valence-electron chi connectivity index (χ1n) is 6.26. The van der Waals surface area contributed by atoms with Crippen LogP contribution >= 0.6 is 0 Å². The summed E-state index contributed by atoms with van der Waals surface area (Å²) in [4.78, 5) is 0. The highest BCUT2D eigenvalue weighted by molar-refractivity contribution is 5.39. The van der Waals surface area contributed by atoms with E-state index in [2.05, 4.69) is 4.74 Å². The quantitative estimate of drug-likeness (QED) is 0.666. The van der Waals surface area contributed by atoms with Crippen LogP contribution in [0.3, 0.4) is 0 Å². The molecule has 1 unspecified atom stereocenters. The normalized spacial score (nSPS) is 35.9. The molecule has 1 aromatic rings. The van der Waals surface area contributed by atoms with Gasteiger partial charge in [0, 0.05) is 0 Å². The molecule has 1 aliphatic rings. The molecule has 0 spiro atoms. The molecule has 1 fully saturated rings. The molecule has 70 valence electrons. The predicted octanol–water partition coefficient (Wildman–Crippen LogP) is 1.47. The standard InChI is InChI=1S/C10H12O3/c1-11-9-4-2-3-5-10(9)13-7-8-6-12-8/h2-5,8H,6-7H2,1H3/i6D2,7D2,8D. The van der Waals surface area contributed by atoms with E-state index in [9.17, 15) is 0 Å². The number of rotatable bonds is 4. The van der Waals surface area contributed by atoms with Gasteiger partial charge in [0.1, 0.15) is 12.6 Å². The van der Waals surface area contributed by atoms with Crippen molar-refractivity contribution in [2.45, 2.75) is 6.08 Å². The Labute approximate surface area is 84.3 Å². The fourth-order valence-corrected chi connectivity index (χ4v) is 0.872. The Bertz CT molecular complexity index is 465. The topological polar surface area (TPSA) is 31.0 Å². The van der Waals surface area contributed by atoms with E-state index in [0.717, 1.165) is 0 Å².